The van der Waals surface area contributed by atoms with Gasteiger partial charge in [-0.2, -0.15) is 18.3 Å². The maximum atomic E-state index is 12.8. The van der Waals surface area contributed by atoms with E-state index in [9.17, 15) is 22.4 Å². The average molecular weight is 281 g/mol. The number of H-pyrrole nitrogens is 1. The summed E-state index contributed by atoms with van der Waals surface area (Å²) in [5.74, 6) is -0.897. The Balaban J connectivity index is 3.09. The molecule has 0 spiro atoms. The molecule has 1 aromatic rings. The van der Waals surface area contributed by atoms with Gasteiger partial charge in [0.15, 0.2) is 0 Å². The number of nitrogens with one attached hydrogen (secondary N) is 2. The number of nitrogens with zero attached hydrogens (tertiary/aromatic N) is 1. The Morgan fingerprint density at radius 3 is 2.79 bits per heavy atom. The molecule has 0 radical (unpaired) electrons. The van der Waals surface area contributed by atoms with Gasteiger partial charge in [-0.15, -0.1) is 0 Å². The highest BCUT2D eigenvalue weighted by atomic mass is 19.4. The van der Waals surface area contributed by atoms with Gasteiger partial charge in [-0.05, 0) is 13.0 Å². The zero-order valence-corrected chi connectivity index (χ0v) is 9.75. The second kappa shape index (κ2) is 5.83. The number of hydrogen-bond donors (Lipinski definition) is 3. The molecule has 0 aliphatic rings. The number of halogens is 4. The topological polar surface area (TPSA) is 78.0 Å². The third-order valence-electron chi connectivity index (χ3n) is 2.10. The van der Waals surface area contributed by atoms with E-state index in [4.69, 9.17) is 5.11 Å². The first-order chi connectivity index (χ1) is 8.75. The molecule has 0 fully saturated rings. The maximum Gasteiger partial charge on any atom is 0.423 e. The minimum absolute atomic E-state index is 0.564. The third kappa shape index (κ3) is 4.05. The van der Waals surface area contributed by atoms with Crippen LogP contribution < -0.4 is 10.9 Å². The van der Waals surface area contributed by atoms with Crippen molar-refractivity contribution in [3.8, 4) is 0 Å². The Morgan fingerprint density at radius 1 is 1.63 bits per heavy atom. The van der Waals surface area contributed by atoms with E-state index in [1.165, 1.54) is 6.92 Å². The molecule has 0 saturated carbocycles. The highest BCUT2D eigenvalue weighted by Crippen LogP contribution is 2.31. The molecule has 0 amide bonds. The van der Waals surface area contributed by atoms with Crippen LogP contribution in [0, 0.1) is 0 Å². The van der Waals surface area contributed by atoms with Crippen LogP contribution in [0.4, 0.5) is 23.2 Å². The Labute approximate surface area is 105 Å². The van der Waals surface area contributed by atoms with Crippen LogP contribution in [0.3, 0.4) is 0 Å². The number of hydrogen-bond acceptors (Lipinski definition) is 4. The minimum atomic E-state index is -4.86. The Bertz CT molecular complexity index is 524. The Morgan fingerprint density at radius 2 is 2.26 bits per heavy atom. The lowest BCUT2D eigenvalue weighted by atomic mass is 10.2. The van der Waals surface area contributed by atoms with Crippen molar-refractivity contribution in [1.82, 2.24) is 10.2 Å². The molecule has 0 bridgehead atoms. The van der Waals surface area contributed by atoms with Crippen molar-refractivity contribution in [1.29, 1.82) is 0 Å². The van der Waals surface area contributed by atoms with Crippen molar-refractivity contribution < 1.29 is 22.7 Å². The van der Waals surface area contributed by atoms with Crippen molar-refractivity contribution in [3.05, 3.63) is 34.0 Å². The van der Waals surface area contributed by atoms with Gasteiger partial charge in [-0.1, -0.05) is 0 Å². The molecule has 9 heteroatoms. The third-order valence-corrected chi connectivity index (χ3v) is 2.10. The Hall–Kier alpha value is -1.90. The summed E-state index contributed by atoms with van der Waals surface area (Å²) in [6.45, 7) is 0.502. The number of anilines is 1. The number of aliphatic hydroxyl groups is 1. The summed E-state index contributed by atoms with van der Waals surface area (Å²) < 4.78 is 50.8. The molecule has 1 heterocycles. The van der Waals surface area contributed by atoms with Gasteiger partial charge in [0.05, 0.1) is 18.5 Å². The summed E-state index contributed by atoms with van der Waals surface area (Å²) >= 11 is 0. The monoisotopic (exact) mass is 281 g/mol. The van der Waals surface area contributed by atoms with Gasteiger partial charge in [-0.25, -0.2) is 9.49 Å². The van der Waals surface area contributed by atoms with Crippen LogP contribution in [0.1, 0.15) is 12.5 Å². The highest BCUT2D eigenvalue weighted by molar-refractivity contribution is 5.50. The number of aliphatic hydroxyl groups excluding tert-OH is 1. The van der Waals surface area contributed by atoms with Crippen molar-refractivity contribution in [2.45, 2.75) is 19.1 Å². The van der Waals surface area contributed by atoms with Gasteiger partial charge in [-0.3, -0.25) is 4.79 Å². The van der Waals surface area contributed by atoms with E-state index < -0.39 is 41.5 Å². The fraction of sp³-hybridized carbons (Fsp3) is 0.400. The summed E-state index contributed by atoms with van der Waals surface area (Å²) in [5.41, 5.74) is -3.39. The SMILES string of the molecule is C[C@H](/C=C(\F)CO)Nc1cn[nH]c(=O)c1C(F)(F)F. The fourth-order valence-corrected chi connectivity index (χ4v) is 1.40. The van der Waals surface area contributed by atoms with E-state index in [1.54, 1.807) is 5.10 Å². The summed E-state index contributed by atoms with van der Waals surface area (Å²) in [7, 11) is 0. The lowest BCUT2D eigenvalue weighted by molar-refractivity contribution is -0.138. The van der Waals surface area contributed by atoms with Crippen molar-refractivity contribution in [3.63, 3.8) is 0 Å². The van der Waals surface area contributed by atoms with Gasteiger partial charge in [0.25, 0.3) is 5.56 Å². The van der Waals surface area contributed by atoms with Crippen molar-refractivity contribution in [2.75, 3.05) is 11.9 Å². The minimum Gasteiger partial charge on any atom is -0.389 e. The summed E-state index contributed by atoms with van der Waals surface area (Å²) in [6.07, 6.45) is -3.19. The molecule has 5 nitrogen and oxygen atoms in total. The standard InChI is InChI=1S/C10H11F4N3O2/c1-5(2-6(11)4-18)16-7-3-15-17-9(19)8(7)10(12,13)14/h2-3,5,18H,4H2,1H3,(H2,16,17,19)/b6-2-/t5-/m1/s1. The second-order valence-electron chi connectivity index (χ2n) is 3.69. The van der Waals surface area contributed by atoms with Crippen LogP contribution in [0.25, 0.3) is 0 Å². The molecule has 1 rings (SSSR count). The van der Waals surface area contributed by atoms with Crippen LogP contribution in [-0.4, -0.2) is 28.0 Å². The van der Waals surface area contributed by atoms with E-state index >= 15 is 0 Å². The van der Waals surface area contributed by atoms with E-state index in [-0.39, 0.29) is 0 Å². The lowest BCUT2D eigenvalue weighted by Gasteiger charge is -2.15. The molecule has 106 valence electrons. The van der Waals surface area contributed by atoms with Crippen LogP contribution in [-0.2, 0) is 6.18 Å². The lowest BCUT2D eigenvalue weighted by Crippen LogP contribution is -2.26. The predicted octanol–water partition coefficient (Wildman–Crippen LogP) is 1.43. The van der Waals surface area contributed by atoms with Crippen LogP contribution in [0.15, 0.2) is 22.9 Å². The number of rotatable bonds is 4. The van der Waals surface area contributed by atoms with Crippen molar-refractivity contribution >= 4 is 5.69 Å². The number of alkyl halides is 3. The molecule has 0 saturated heterocycles. The zero-order valence-electron chi connectivity index (χ0n) is 9.75. The maximum absolute atomic E-state index is 12.8. The molecule has 0 aromatic carbocycles. The zero-order chi connectivity index (χ0) is 14.6. The number of aromatic nitrogens is 2. The van der Waals surface area contributed by atoms with Gasteiger partial charge >= 0.3 is 6.18 Å². The molecule has 1 atom stereocenters. The largest absolute Gasteiger partial charge is 0.423 e. The quantitative estimate of drug-likeness (QED) is 0.730. The average Bonchev–Trinajstić information content (AvgIpc) is 2.26. The van der Waals surface area contributed by atoms with E-state index in [1.807, 2.05) is 0 Å². The summed E-state index contributed by atoms with van der Waals surface area (Å²) in [4.78, 5) is 11.1. The molecular weight excluding hydrogens is 270 g/mol. The van der Waals surface area contributed by atoms with Crippen molar-refractivity contribution in [2.24, 2.45) is 0 Å². The first kappa shape index (κ1) is 15.2. The molecule has 19 heavy (non-hydrogen) atoms. The molecule has 1 aromatic heterocycles. The van der Waals surface area contributed by atoms with Gasteiger partial charge in [0, 0.05) is 6.04 Å². The van der Waals surface area contributed by atoms with Crippen LogP contribution >= 0.6 is 0 Å². The normalized spacial score (nSPS) is 14.3. The number of aromatic amines is 1. The Kier molecular flexibility index (Phi) is 4.65. The molecule has 0 aliphatic heterocycles. The molecule has 0 aliphatic carbocycles. The molecule has 3 N–H and O–H groups in total. The first-order valence-electron chi connectivity index (χ1n) is 5.14. The summed E-state index contributed by atoms with van der Waals surface area (Å²) in [5, 5.41) is 15.7. The van der Waals surface area contributed by atoms with Gasteiger partial charge in [0.2, 0.25) is 0 Å². The van der Waals surface area contributed by atoms with E-state index in [0.717, 1.165) is 12.3 Å². The fourth-order valence-electron chi connectivity index (χ4n) is 1.40. The van der Waals surface area contributed by atoms with Crippen LogP contribution in [0.5, 0.6) is 0 Å². The van der Waals surface area contributed by atoms with Gasteiger partial charge < -0.3 is 10.4 Å². The summed E-state index contributed by atoms with van der Waals surface area (Å²) in [6, 6.07) is -0.864. The smallest absolute Gasteiger partial charge is 0.389 e. The van der Waals surface area contributed by atoms with E-state index in [0.29, 0.717) is 0 Å². The first-order valence-corrected chi connectivity index (χ1v) is 5.14. The van der Waals surface area contributed by atoms with Gasteiger partial charge in [0.1, 0.15) is 11.4 Å². The van der Waals surface area contributed by atoms with E-state index in [2.05, 4.69) is 10.4 Å². The highest BCUT2D eigenvalue weighted by Gasteiger charge is 2.37. The predicted molar refractivity (Wildman–Crippen MR) is 59.2 cm³/mol. The second-order valence-corrected chi connectivity index (χ2v) is 3.69. The van der Waals surface area contributed by atoms with Crippen LogP contribution in [0.2, 0.25) is 0 Å². The molecule has 0 unspecified atom stereocenters. The molecular formula is C10H11F4N3O2.